The van der Waals surface area contributed by atoms with Crippen LogP contribution in [0.25, 0.3) is 10.8 Å². The van der Waals surface area contributed by atoms with Crippen molar-refractivity contribution < 1.29 is 0 Å². The fraction of sp³-hybridized carbons (Fsp3) is 0.318. The lowest BCUT2D eigenvalue weighted by atomic mass is 10.00. The molecule has 0 amide bonds. The van der Waals surface area contributed by atoms with Gasteiger partial charge < -0.3 is 4.90 Å². The molecule has 0 fully saturated rings. The summed E-state index contributed by atoms with van der Waals surface area (Å²) < 4.78 is 0. The Morgan fingerprint density at radius 2 is 1.67 bits per heavy atom. The highest BCUT2D eigenvalue weighted by atomic mass is 15.1. The van der Waals surface area contributed by atoms with Crippen LogP contribution in [0.2, 0.25) is 0 Å². The predicted molar refractivity (Wildman–Crippen MR) is 104 cm³/mol. The van der Waals surface area contributed by atoms with E-state index >= 15 is 0 Å². The summed E-state index contributed by atoms with van der Waals surface area (Å²) in [5.74, 6) is 0. The molecule has 1 heterocycles. The molecule has 2 nitrogen and oxygen atoms in total. The Morgan fingerprint density at radius 1 is 0.917 bits per heavy atom. The summed E-state index contributed by atoms with van der Waals surface area (Å²) in [4.78, 5) is 7.06. The van der Waals surface area contributed by atoms with E-state index in [4.69, 9.17) is 0 Å². The number of hydrogen-bond acceptors (Lipinski definition) is 2. The van der Waals surface area contributed by atoms with Gasteiger partial charge in [-0.2, -0.15) is 0 Å². The second kappa shape index (κ2) is 7.48. The molecule has 1 aromatic heterocycles. The number of pyridine rings is 1. The van der Waals surface area contributed by atoms with E-state index in [1.165, 1.54) is 33.3 Å². The number of aromatic nitrogens is 1. The number of nitrogens with zero attached hydrogens (tertiary/aromatic N) is 2. The van der Waals surface area contributed by atoms with Gasteiger partial charge >= 0.3 is 0 Å². The molecule has 24 heavy (non-hydrogen) atoms. The first-order valence-electron chi connectivity index (χ1n) is 8.90. The molecule has 0 atom stereocenters. The molecule has 0 saturated carbocycles. The van der Waals surface area contributed by atoms with E-state index in [0.717, 1.165) is 25.9 Å². The summed E-state index contributed by atoms with van der Waals surface area (Å²) in [6.45, 7) is 8.63. The first-order chi connectivity index (χ1) is 11.7. The smallest absolute Gasteiger partial charge is 0.0429 e. The quantitative estimate of drug-likeness (QED) is 0.623. The van der Waals surface area contributed by atoms with Crippen LogP contribution in [-0.4, -0.2) is 18.1 Å². The molecule has 0 bridgehead atoms. The number of aryl methyl sites for hydroxylation is 3. The molecule has 124 valence electrons. The van der Waals surface area contributed by atoms with Crippen LogP contribution in [0.5, 0.6) is 0 Å². The zero-order valence-electron chi connectivity index (χ0n) is 14.9. The lowest BCUT2D eigenvalue weighted by Crippen LogP contribution is -2.23. The SMILES string of the molecule is CCN(CC)c1cc(CCc2cccc3ccccc23)ncc1C. The average Bonchev–Trinajstić information content (AvgIpc) is 2.63. The van der Waals surface area contributed by atoms with E-state index < -0.39 is 0 Å². The molecule has 0 radical (unpaired) electrons. The molecule has 0 aliphatic heterocycles. The van der Waals surface area contributed by atoms with Crippen LogP contribution in [0.15, 0.2) is 54.7 Å². The van der Waals surface area contributed by atoms with Gasteiger partial charge in [-0.15, -0.1) is 0 Å². The first kappa shape index (κ1) is 16.5. The zero-order valence-corrected chi connectivity index (χ0v) is 14.9. The molecule has 0 unspecified atom stereocenters. The maximum atomic E-state index is 4.66. The Morgan fingerprint density at radius 3 is 2.46 bits per heavy atom. The third-order valence-corrected chi connectivity index (χ3v) is 4.77. The van der Waals surface area contributed by atoms with Crippen molar-refractivity contribution in [2.24, 2.45) is 0 Å². The third-order valence-electron chi connectivity index (χ3n) is 4.77. The van der Waals surface area contributed by atoms with Crippen LogP contribution in [0, 0.1) is 6.92 Å². The largest absolute Gasteiger partial charge is 0.372 e. The number of rotatable bonds is 6. The van der Waals surface area contributed by atoms with Gasteiger partial charge in [-0.1, -0.05) is 42.5 Å². The van der Waals surface area contributed by atoms with E-state index in [-0.39, 0.29) is 0 Å². The molecular weight excluding hydrogens is 292 g/mol. The van der Waals surface area contributed by atoms with E-state index in [9.17, 15) is 0 Å². The van der Waals surface area contributed by atoms with Gasteiger partial charge in [0.1, 0.15) is 0 Å². The van der Waals surface area contributed by atoms with E-state index in [1.54, 1.807) is 0 Å². The highest BCUT2D eigenvalue weighted by Gasteiger charge is 2.08. The molecule has 0 aliphatic rings. The number of hydrogen-bond donors (Lipinski definition) is 0. The Hall–Kier alpha value is -2.35. The van der Waals surface area contributed by atoms with Crippen LogP contribution in [0.3, 0.4) is 0 Å². The third kappa shape index (κ3) is 3.43. The van der Waals surface area contributed by atoms with Crippen molar-refractivity contribution in [2.75, 3.05) is 18.0 Å². The normalized spacial score (nSPS) is 11.0. The van der Waals surface area contributed by atoms with Crippen molar-refractivity contribution in [2.45, 2.75) is 33.6 Å². The molecule has 2 aromatic carbocycles. The van der Waals surface area contributed by atoms with Gasteiger partial charge in [-0.25, -0.2) is 0 Å². The summed E-state index contributed by atoms with van der Waals surface area (Å²) in [7, 11) is 0. The van der Waals surface area contributed by atoms with E-state index in [1.807, 2.05) is 6.20 Å². The van der Waals surface area contributed by atoms with Crippen LogP contribution < -0.4 is 4.90 Å². The van der Waals surface area contributed by atoms with Crippen molar-refractivity contribution in [3.05, 3.63) is 71.5 Å². The molecule has 0 aliphatic carbocycles. The Labute approximate surface area is 145 Å². The van der Waals surface area contributed by atoms with Gasteiger partial charge in [0, 0.05) is 30.7 Å². The van der Waals surface area contributed by atoms with Gasteiger partial charge in [0.05, 0.1) is 0 Å². The fourth-order valence-corrected chi connectivity index (χ4v) is 3.37. The fourth-order valence-electron chi connectivity index (χ4n) is 3.37. The Balaban J connectivity index is 1.83. The van der Waals surface area contributed by atoms with Crippen molar-refractivity contribution in [3.63, 3.8) is 0 Å². The number of benzene rings is 2. The predicted octanol–water partition coefficient (Wildman–Crippen LogP) is 5.17. The summed E-state index contributed by atoms with van der Waals surface area (Å²) in [5, 5.41) is 2.67. The summed E-state index contributed by atoms with van der Waals surface area (Å²) in [6, 6.07) is 17.5. The van der Waals surface area contributed by atoms with Gasteiger partial charge in [0.2, 0.25) is 0 Å². The summed E-state index contributed by atoms with van der Waals surface area (Å²) in [5.41, 5.74) is 5.16. The van der Waals surface area contributed by atoms with Crippen LogP contribution in [-0.2, 0) is 12.8 Å². The molecule has 0 saturated heterocycles. The van der Waals surface area contributed by atoms with Gasteiger partial charge in [0.15, 0.2) is 0 Å². The lowest BCUT2D eigenvalue weighted by Gasteiger charge is -2.23. The van der Waals surface area contributed by atoms with Crippen molar-refractivity contribution in [1.82, 2.24) is 4.98 Å². The Kier molecular flexibility index (Phi) is 5.14. The Bertz CT molecular complexity index is 814. The van der Waals surface area contributed by atoms with Crippen LogP contribution in [0.4, 0.5) is 5.69 Å². The molecule has 3 aromatic rings. The number of anilines is 1. The van der Waals surface area contributed by atoms with Gasteiger partial charge in [0.25, 0.3) is 0 Å². The summed E-state index contributed by atoms with van der Waals surface area (Å²) >= 11 is 0. The van der Waals surface area contributed by atoms with E-state index in [0.29, 0.717) is 0 Å². The van der Waals surface area contributed by atoms with Gasteiger partial charge in [-0.3, -0.25) is 4.98 Å². The molecule has 0 N–H and O–H groups in total. The van der Waals surface area contributed by atoms with E-state index in [2.05, 4.69) is 79.2 Å². The van der Waals surface area contributed by atoms with Crippen LogP contribution in [0.1, 0.15) is 30.7 Å². The first-order valence-corrected chi connectivity index (χ1v) is 8.90. The minimum Gasteiger partial charge on any atom is -0.372 e. The molecule has 3 rings (SSSR count). The zero-order chi connectivity index (χ0) is 16.9. The van der Waals surface area contributed by atoms with Crippen molar-refractivity contribution >= 4 is 16.5 Å². The van der Waals surface area contributed by atoms with Gasteiger partial charge in [-0.05, 0) is 61.6 Å². The maximum Gasteiger partial charge on any atom is 0.0429 e. The lowest BCUT2D eigenvalue weighted by molar-refractivity contribution is 0.848. The highest BCUT2D eigenvalue weighted by Crippen LogP contribution is 2.23. The summed E-state index contributed by atoms with van der Waals surface area (Å²) in [6.07, 6.45) is 4.02. The average molecular weight is 318 g/mol. The molecule has 2 heteroatoms. The highest BCUT2D eigenvalue weighted by molar-refractivity contribution is 5.85. The standard InChI is InChI=1S/C22H26N2/c1-4-24(5-2)22-15-20(23-16-17(22)3)14-13-19-11-8-10-18-9-6-7-12-21(18)19/h6-12,15-16H,4-5,13-14H2,1-3H3. The second-order valence-electron chi connectivity index (χ2n) is 6.27. The molecular formula is C22H26N2. The minimum atomic E-state index is 0.975. The van der Waals surface area contributed by atoms with Crippen LogP contribution >= 0.6 is 0 Å². The minimum absolute atomic E-state index is 0.975. The topological polar surface area (TPSA) is 16.1 Å². The second-order valence-corrected chi connectivity index (χ2v) is 6.27. The maximum absolute atomic E-state index is 4.66. The van der Waals surface area contributed by atoms with Crippen molar-refractivity contribution in [1.29, 1.82) is 0 Å². The monoisotopic (exact) mass is 318 g/mol. The number of fused-ring (bicyclic) bond motifs is 1. The molecule has 0 spiro atoms. The van der Waals surface area contributed by atoms with Crippen molar-refractivity contribution in [3.8, 4) is 0 Å².